The number of benzene rings is 1. The van der Waals surface area contributed by atoms with E-state index in [9.17, 15) is 24.9 Å². The highest BCUT2D eigenvalue weighted by atomic mass is 16.7. The first-order valence-corrected chi connectivity index (χ1v) is 7.55. The molecule has 0 radical (unpaired) electrons. The lowest BCUT2D eigenvalue weighted by Crippen LogP contribution is -2.60. The van der Waals surface area contributed by atoms with Gasteiger partial charge in [-0.2, -0.15) is 5.90 Å². The van der Waals surface area contributed by atoms with E-state index in [4.69, 9.17) is 10.6 Å². The predicted molar refractivity (Wildman–Crippen MR) is 85.1 cm³/mol. The maximum Gasteiger partial charge on any atom is 0.430 e. The van der Waals surface area contributed by atoms with Gasteiger partial charge in [0.1, 0.15) is 24.4 Å². The maximum absolute atomic E-state index is 11.5. The third kappa shape index (κ3) is 4.24. The summed E-state index contributed by atoms with van der Waals surface area (Å²) >= 11 is 0. The third-order valence-corrected chi connectivity index (χ3v) is 3.91. The number of hydrogen-bond acceptors (Lipinski definition) is 8. The van der Waals surface area contributed by atoms with Crippen LogP contribution in [0.15, 0.2) is 24.3 Å². The molecular formula is C15H21N3O7. The largest absolute Gasteiger partial charge is 0.430 e. The van der Waals surface area contributed by atoms with Gasteiger partial charge in [0.2, 0.25) is 5.91 Å². The average molecular weight is 355 g/mol. The second-order valence-corrected chi connectivity index (χ2v) is 5.60. The summed E-state index contributed by atoms with van der Waals surface area (Å²) in [5, 5.41) is 34.7. The summed E-state index contributed by atoms with van der Waals surface area (Å²) in [5.41, 5.74) is 0.676. The Hall–Kier alpha value is -2.24. The van der Waals surface area contributed by atoms with E-state index in [2.05, 4.69) is 15.5 Å². The number of carbonyl (C=O) groups is 2. The van der Waals surface area contributed by atoms with Gasteiger partial charge >= 0.3 is 6.09 Å². The van der Waals surface area contributed by atoms with Crippen LogP contribution in [0.3, 0.4) is 0 Å². The number of nitrogens with two attached hydrogens (primary N) is 1. The lowest BCUT2D eigenvalue weighted by Gasteiger charge is -2.43. The van der Waals surface area contributed by atoms with Crippen molar-refractivity contribution >= 4 is 17.7 Å². The van der Waals surface area contributed by atoms with Crippen molar-refractivity contribution in [2.24, 2.45) is 5.90 Å². The minimum Gasteiger partial charge on any atom is -0.394 e. The van der Waals surface area contributed by atoms with Crippen molar-refractivity contribution in [3.63, 3.8) is 0 Å². The standard InChI is InChI=1S/C15H21N3O7/c1-7(20)17-11-13(22)12(21)10(6-19)24-14(11)8-4-2-3-5-9(8)18-15(23)25-16/h2-5,10-14,19,21-22H,6,16H2,1H3,(H,17,20)(H,18,23)/t10-,11-,12-,13-,14?/m1/s1. The van der Waals surface area contributed by atoms with Crippen LogP contribution in [-0.2, 0) is 14.4 Å². The van der Waals surface area contributed by atoms with E-state index < -0.39 is 49.1 Å². The molecule has 7 N–H and O–H groups in total. The Bertz CT molecular complexity index is 627. The first-order chi connectivity index (χ1) is 11.9. The lowest BCUT2D eigenvalue weighted by molar-refractivity contribution is -0.197. The number of aliphatic hydroxyl groups excluding tert-OH is 3. The van der Waals surface area contributed by atoms with Gasteiger partial charge in [0.05, 0.1) is 12.6 Å². The molecule has 1 saturated heterocycles. The van der Waals surface area contributed by atoms with E-state index in [0.29, 0.717) is 5.56 Å². The Labute approximate surface area is 143 Å². The Morgan fingerprint density at radius 1 is 1.28 bits per heavy atom. The van der Waals surface area contributed by atoms with E-state index in [1.165, 1.54) is 6.92 Å². The van der Waals surface area contributed by atoms with Crippen molar-refractivity contribution in [3.8, 4) is 0 Å². The highest BCUT2D eigenvalue weighted by Crippen LogP contribution is 2.36. The Kier molecular flexibility index (Phi) is 6.28. The first-order valence-electron chi connectivity index (χ1n) is 7.55. The van der Waals surface area contributed by atoms with Crippen molar-refractivity contribution in [3.05, 3.63) is 29.8 Å². The summed E-state index contributed by atoms with van der Waals surface area (Å²) in [6.07, 6.45) is -5.73. The van der Waals surface area contributed by atoms with Crippen LogP contribution in [-0.4, -0.2) is 58.3 Å². The molecule has 0 bridgehead atoms. The summed E-state index contributed by atoms with van der Waals surface area (Å²) in [4.78, 5) is 27.0. The Morgan fingerprint density at radius 2 is 1.96 bits per heavy atom. The highest BCUT2D eigenvalue weighted by Gasteiger charge is 2.45. The molecule has 0 saturated carbocycles. The zero-order valence-corrected chi connectivity index (χ0v) is 13.5. The number of carbonyl (C=O) groups excluding carboxylic acids is 2. The molecule has 0 aromatic heterocycles. The van der Waals surface area contributed by atoms with Crippen molar-refractivity contribution in [2.75, 3.05) is 11.9 Å². The van der Waals surface area contributed by atoms with E-state index in [1.54, 1.807) is 24.3 Å². The van der Waals surface area contributed by atoms with Crippen molar-refractivity contribution < 1.29 is 34.5 Å². The van der Waals surface area contributed by atoms with E-state index in [1.807, 2.05) is 0 Å². The molecule has 0 aliphatic carbocycles. The smallest absolute Gasteiger partial charge is 0.394 e. The summed E-state index contributed by atoms with van der Waals surface area (Å²) < 4.78 is 5.68. The second-order valence-electron chi connectivity index (χ2n) is 5.60. The molecule has 0 spiro atoms. The summed E-state index contributed by atoms with van der Waals surface area (Å²) in [5.74, 6) is 4.37. The monoisotopic (exact) mass is 355 g/mol. The number of ether oxygens (including phenoxy) is 1. The van der Waals surface area contributed by atoms with Gasteiger partial charge in [-0.05, 0) is 6.07 Å². The fourth-order valence-corrected chi connectivity index (χ4v) is 2.78. The average Bonchev–Trinajstić information content (AvgIpc) is 2.59. The molecule has 10 nitrogen and oxygen atoms in total. The number of anilines is 1. The maximum atomic E-state index is 11.5. The SMILES string of the molecule is CC(=O)N[C@H]1C(c2ccccc2NC(=O)ON)O[C@H](CO)[C@@H](O)[C@@H]1O. The minimum atomic E-state index is -1.40. The molecule has 10 heteroatoms. The molecule has 1 heterocycles. The van der Waals surface area contributed by atoms with Gasteiger partial charge in [-0.15, -0.1) is 0 Å². The normalized spacial score (nSPS) is 28.9. The van der Waals surface area contributed by atoms with E-state index >= 15 is 0 Å². The van der Waals surface area contributed by atoms with Crippen molar-refractivity contribution in [2.45, 2.75) is 37.4 Å². The highest BCUT2D eigenvalue weighted by molar-refractivity contribution is 5.85. The topological polar surface area (TPSA) is 163 Å². The van der Waals surface area contributed by atoms with Gasteiger partial charge in [0.25, 0.3) is 0 Å². The summed E-state index contributed by atoms with van der Waals surface area (Å²) in [6, 6.07) is 5.44. The third-order valence-electron chi connectivity index (χ3n) is 3.91. The van der Waals surface area contributed by atoms with Crippen LogP contribution in [0.5, 0.6) is 0 Å². The Balaban J connectivity index is 2.41. The van der Waals surface area contributed by atoms with Gasteiger partial charge < -0.3 is 30.2 Å². The van der Waals surface area contributed by atoms with Gasteiger partial charge in [-0.25, -0.2) is 4.79 Å². The molecule has 138 valence electrons. The zero-order valence-electron chi connectivity index (χ0n) is 13.5. The number of hydrogen-bond donors (Lipinski definition) is 6. The molecule has 1 fully saturated rings. The molecule has 5 atom stereocenters. The van der Waals surface area contributed by atoms with Gasteiger partial charge in [-0.1, -0.05) is 18.2 Å². The van der Waals surface area contributed by atoms with E-state index in [-0.39, 0.29) is 5.69 Å². The van der Waals surface area contributed by atoms with Crippen LogP contribution in [0.1, 0.15) is 18.6 Å². The molecule has 2 rings (SSSR count). The summed E-state index contributed by atoms with van der Waals surface area (Å²) in [7, 11) is 0. The number of rotatable bonds is 4. The number of aliphatic hydroxyl groups is 3. The number of amides is 2. The molecule has 1 unspecified atom stereocenters. The van der Waals surface area contributed by atoms with Crippen molar-refractivity contribution in [1.29, 1.82) is 0 Å². The molecule has 1 aliphatic heterocycles. The fraction of sp³-hybridized carbons (Fsp3) is 0.467. The van der Waals surface area contributed by atoms with Crippen LogP contribution < -0.4 is 16.5 Å². The quantitative estimate of drug-likeness (QED) is 0.365. The molecule has 25 heavy (non-hydrogen) atoms. The van der Waals surface area contributed by atoms with Crippen LogP contribution in [0.2, 0.25) is 0 Å². The zero-order chi connectivity index (χ0) is 18.6. The van der Waals surface area contributed by atoms with Crippen LogP contribution in [0.25, 0.3) is 0 Å². The van der Waals surface area contributed by atoms with Gasteiger partial charge in [0, 0.05) is 18.2 Å². The summed E-state index contributed by atoms with van der Waals surface area (Å²) in [6.45, 7) is 0.714. The van der Waals surface area contributed by atoms with Crippen LogP contribution in [0.4, 0.5) is 10.5 Å². The van der Waals surface area contributed by atoms with Crippen LogP contribution >= 0.6 is 0 Å². The fourth-order valence-electron chi connectivity index (χ4n) is 2.78. The van der Waals surface area contributed by atoms with Gasteiger partial charge in [-0.3, -0.25) is 10.1 Å². The molecule has 2 amide bonds. The second kappa shape index (κ2) is 8.23. The van der Waals surface area contributed by atoms with Crippen molar-refractivity contribution in [1.82, 2.24) is 5.32 Å². The van der Waals surface area contributed by atoms with Crippen LogP contribution in [0, 0.1) is 0 Å². The molecular weight excluding hydrogens is 334 g/mol. The van der Waals surface area contributed by atoms with E-state index in [0.717, 1.165) is 0 Å². The Morgan fingerprint density at radius 3 is 2.56 bits per heavy atom. The minimum absolute atomic E-state index is 0.276. The lowest BCUT2D eigenvalue weighted by atomic mass is 9.88. The number of nitrogens with one attached hydrogen (secondary N) is 2. The van der Waals surface area contributed by atoms with Gasteiger partial charge in [0.15, 0.2) is 0 Å². The first kappa shape index (κ1) is 19.1. The predicted octanol–water partition coefficient (Wildman–Crippen LogP) is -1.23. The molecule has 1 aliphatic rings. The number of para-hydroxylation sites is 1. The molecule has 1 aromatic carbocycles. The molecule has 1 aromatic rings.